The average Bonchev–Trinajstić information content (AvgIpc) is 3.01. The number of rotatable bonds is 6. The van der Waals surface area contributed by atoms with Crippen LogP contribution in [-0.2, 0) is 4.79 Å². The summed E-state index contributed by atoms with van der Waals surface area (Å²) < 4.78 is 0. The van der Waals surface area contributed by atoms with Gasteiger partial charge in [-0.3, -0.25) is 4.79 Å². The molecule has 2 N–H and O–H groups in total. The Balaban J connectivity index is 1.94. The molecule has 1 aliphatic heterocycles. The highest BCUT2D eigenvalue weighted by Crippen LogP contribution is 2.24. The Labute approximate surface area is 126 Å². The van der Waals surface area contributed by atoms with E-state index in [0.29, 0.717) is 5.92 Å². The summed E-state index contributed by atoms with van der Waals surface area (Å²) in [6, 6.07) is 4.35. The molecule has 1 saturated heterocycles. The van der Waals surface area contributed by atoms with E-state index >= 15 is 0 Å². The van der Waals surface area contributed by atoms with Gasteiger partial charge in [-0.2, -0.15) is 0 Å². The zero-order valence-electron chi connectivity index (χ0n) is 12.5. The minimum atomic E-state index is -0.00646. The summed E-state index contributed by atoms with van der Waals surface area (Å²) in [5.41, 5.74) is 0. The van der Waals surface area contributed by atoms with Gasteiger partial charge in [-0.15, -0.1) is 11.3 Å². The van der Waals surface area contributed by atoms with Crippen molar-refractivity contribution in [3.8, 4) is 0 Å². The molecular weight excluding hydrogens is 268 g/mol. The van der Waals surface area contributed by atoms with E-state index in [4.69, 9.17) is 0 Å². The highest BCUT2D eigenvalue weighted by atomic mass is 32.1. The van der Waals surface area contributed by atoms with E-state index in [1.54, 1.807) is 11.3 Å². The number of hydrogen-bond acceptors (Lipinski definition) is 3. The molecular formula is C16H26N2OS. The number of piperidine rings is 1. The first-order chi connectivity index (χ1) is 9.74. The Morgan fingerprint density at radius 3 is 3.05 bits per heavy atom. The number of nitrogens with one attached hydrogen (secondary N) is 2. The molecule has 0 radical (unpaired) electrons. The van der Waals surface area contributed by atoms with Crippen molar-refractivity contribution in [2.45, 2.75) is 58.0 Å². The fourth-order valence-corrected chi connectivity index (χ4v) is 3.72. The Bertz CT molecular complexity index is 405. The third-order valence-electron chi connectivity index (χ3n) is 4.19. The predicted molar refractivity (Wildman–Crippen MR) is 84.9 cm³/mol. The predicted octanol–water partition coefficient (Wildman–Crippen LogP) is 3.48. The Kier molecular flexibility index (Phi) is 6.05. The van der Waals surface area contributed by atoms with Crippen LogP contribution in [0.5, 0.6) is 0 Å². The highest BCUT2D eigenvalue weighted by Gasteiger charge is 2.27. The second kappa shape index (κ2) is 7.79. The van der Waals surface area contributed by atoms with Gasteiger partial charge in [-0.1, -0.05) is 32.8 Å². The van der Waals surface area contributed by atoms with Crippen LogP contribution in [0, 0.1) is 5.92 Å². The van der Waals surface area contributed by atoms with Crippen LogP contribution in [0.25, 0.3) is 0 Å². The van der Waals surface area contributed by atoms with Crippen LogP contribution in [-0.4, -0.2) is 18.5 Å². The molecule has 3 unspecified atom stereocenters. The maximum Gasteiger partial charge on any atom is 0.237 e. The zero-order valence-corrected chi connectivity index (χ0v) is 13.3. The molecule has 112 valence electrons. The van der Waals surface area contributed by atoms with Gasteiger partial charge in [0.2, 0.25) is 5.91 Å². The van der Waals surface area contributed by atoms with Gasteiger partial charge in [0.25, 0.3) is 0 Å². The monoisotopic (exact) mass is 294 g/mol. The molecule has 1 aliphatic rings. The maximum absolute atomic E-state index is 12.5. The van der Waals surface area contributed by atoms with Crippen LogP contribution in [0.15, 0.2) is 17.5 Å². The lowest BCUT2D eigenvalue weighted by Gasteiger charge is -2.30. The summed E-state index contributed by atoms with van der Waals surface area (Å²) >= 11 is 1.73. The summed E-state index contributed by atoms with van der Waals surface area (Å²) in [6.07, 6.45) is 5.44. The first-order valence-corrected chi connectivity index (χ1v) is 8.69. The van der Waals surface area contributed by atoms with Crippen LogP contribution in [0.3, 0.4) is 0 Å². The molecule has 1 aromatic heterocycles. The molecule has 3 atom stereocenters. The minimum Gasteiger partial charge on any atom is -0.347 e. The topological polar surface area (TPSA) is 41.1 Å². The third-order valence-corrected chi connectivity index (χ3v) is 5.17. The van der Waals surface area contributed by atoms with E-state index in [-0.39, 0.29) is 18.0 Å². The Hall–Kier alpha value is -0.870. The Morgan fingerprint density at radius 1 is 1.55 bits per heavy atom. The van der Waals surface area contributed by atoms with Gasteiger partial charge in [0.15, 0.2) is 0 Å². The van der Waals surface area contributed by atoms with E-state index in [1.165, 1.54) is 17.7 Å². The SMILES string of the molecule is CCCC(NC(=O)C1CC(CC)CCN1)c1cccs1. The van der Waals surface area contributed by atoms with Crippen molar-refractivity contribution in [1.82, 2.24) is 10.6 Å². The number of amides is 1. The normalized spacial score (nSPS) is 24.3. The first-order valence-electron chi connectivity index (χ1n) is 7.81. The molecule has 1 fully saturated rings. The van der Waals surface area contributed by atoms with Crippen molar-refractivity contribution in [3.05, 3.63) is 22.4 Å². The minimum absolute atomic E-state index is 0.00646. The van der Waals surface area contributed by atoms with Gasteiger partial charge in [-0.25, -0.2) is 0 Å². The summed E-state index contributed by atoms with van der Waals surface area (Å²) in [7, 11) is 0. The largest absolute Gasteiger partial charge is 0.347 e. The molecule has 0 aliphatic carbocycles. The van der Waals surface area contributed by atoms with E-state index in [0.717, 1.165) is 25.8 Å². The van der Waals surface area contributed by atoms with Crippen molar-refractivity contribution in [2.24, 2.45) is 5.92 Å². The van der Waals surface area contributed by atoms with Crippen molar-refractivity contribution >= 4 is 17.2 Å². The molecule has 2 heterocycles. The van der Waals surface area contributed by atoms with Crippen LogP contribution in [0.4, 0.5) is 0 Å². The van der Waals surface area contributed by atoms with Gasteiger partial charge in [0.05, 0.1) is 12.1 Å². The van der Waals surface area contributed by atoms with Gasteiger partial charge >= 0.3 is 0 Å². The van der Waals surface area contributed by atoms with Crippen LogP contribution >= 0.6 is 11.3 Å². The average molecular weight is 294 g/mol. The van der Waals surface area contributed by atoms with Gasteiger partial charge in [0, 0.05) is 4.88 Å². The van der Waals surface area contributed by atoms with Gasteiger partial charge in [-0.05, 0) is 43.2 Å². The lowest BCUT2D eigenvalue weighted by molar-refractivity contribution is -0.124. The van der Waals surface area contributed by atoms with Crippen LogP contribution in [0.2, 0.25) is 0 Å². The van der Waals surface area contributed by atoms with E-state index in [1.807, 2.05) is 0 Å². The number of thiophene rings is 1. The standard InChI is InChI=1S/C16H26N2OS/c1-3-6-13(15-7-5-10-20-15)18-16(19)14-11-12(4-2)8-9-17-14/h5,7,10,12-14,17H,3-4,6,8-9,11H2,1-2H3,(H,18,19). The van der Waals surface area contributed by atoms with Crippen LogP contribution in [0.1, 0.15) is 56.9 Å². The number of carbonyl (C=O) groups is 1. The van der Waals surface area contributed by atoms with Crippen molar-refractivity contribution in [1.29, 1.82) is 0 Å². The molecule has 1 aromatic rings. The van der Waals surface area contributed by atoms with Crippen molar-refractivity contribution < 1.29 is 4.79 Å². The third kappa shape index (κ3) is 4.06. The van der Waals surface area contributed by atoms with Gasteiger partial charge < -0.3 is 10.6 Å². The van der Waals surface area contributed by atoms with Crippen molar-refractivity contribution in [2.75, 3.05) is 6.54 Å². The molecule has 1 amide bonds. The fourth-order valence-electron chi connectivity index (χ4n) is 2.90. The molecule has 0 aromatic carbocycles. The summed E-state index contributed by atoms with van der Waals surface area (Å²) in [6.45, 7) is 5.35. The lowest BCUT2D eigenvalue weighted by Crippen LogP contribution is -2.49. The molecule has 3 nitrogen and oxygen atoms in total. The van der Waals surface area contributed by atoms with Crippen molar-refractivity contribution in [3.63, 3.8) is 0 Å². The summed E-state index contributed by atoms with van der Waals surface area (Å²) in [5.74, 6) is 0.869. The van der Waals surface area contributed by atoms with E-state index in [2.05, 4.69) is 42.0 Å². The smallest absolute Gasteiger partial charge is 0.237 e. The van der Waals surface area contributed by atoms with E-state index < -0.39 is 0 Å². The van der Waals surface area contributed by atoms with E-state index in [9.17, 15) is 4.79 Å². The molecule has 0 bridgehead atoms. The number of carbonyl (C=O) groups excluding carboxylic acids is 1. The van der Waals surface area contributed by atoms with Gasteiger partial charge in [0.1, 0.15) is 0 Å². The quantitative estimate of drug-likeness (QED) is 0.843. The molecule has 20 heavy (non-hydrogen) atoms. The summed E-state index contributed by atoms with van der Waals surface area (Å²) in [5, 5.41) is 8.69. The maximum atomic E-state index is 12.5. The number of hydrogen-bond donors (Lipinski definition) is 2. The lowest BCUT2D eigenvalue weighted by atomic mass is 9.90. The summed E-state index contributed by atoms with van der Waals surface area (Å²) in [4.78, 5) is 13.7. The molecule has 2 rings (SSSR count). The molecule has 0 spiro atoms. The fraction of sp³-hybridized carbons (Fsp3) is 0.688. The second-order valence-corrected chi connectivity index (χ2v) is 6.65. The zero-order chi connectivity index (χ0) is 14.4. The van der Waals surface area contributed by atoms with Crippen LogP contribution < -0.4 is 10.6 Å². The highest BCUT2D eigenvalue weighted by molar-refractivity contribution is 7.10. The Morgan fingerprint density at radius 2 is 2.40 bits per heavy atom. The molecule has 4 heteroatoms. The second-order valence-electron chi connectivity index (χ2n) is 5.67. The molecule has 0 saturated carbocycles. The first kappa shape index (κ1) is 15.5.